The van der Waals surface area contributed by atoms with Gasteiger partial charge in [-0.1, -0.05) is 41.4 Å². The molecule has 0 aromatic heterocycles. The van der Waals surface area contributed by atoms with Crippen molar-refractivity contribution < 1.29 is 14.3 Å². The minimum absolute atomic E-state index is 0.205. The number of ether oxygens (including phenoxy) is 2. The molecule has 0 saturated heterocycles. The summed E-state index contributed by atoms with van der Waals surface area (Å²) >= 11 is 12.3. The van der Waals surface area contributed by atoms with Crippen LogP contribution in [0.2, 0.25) is 10.0 Å². The number of carbonyl (C=O) groups excluding carboxylic acids is 1. The maximum absolute atomic E-state index is 11.4. The van der Waals surface area contributed by atoms with Crippen LogP contribution in [-0.4, -0.2) is 18.6 Å². The molecular formula is C19H21Cl2NO3. The Morgan fingerprint density at radius 2 is 1.76 bits per heavy atom. The number of benzene rings is 2. The van der Waals surface area contributed by atoms with Gasteiger partial charge < -0.3 is 15.2 Å². The Morgan fingerprint density at radius 3 is 2.36 bits per heavy atom. The molecule has 0 fully saturated rings. The third-order valence-electron chi connectivity index (χ3n) is 3.60. The van der Waals surface area contributed by atoms with Crippen LogP contribution in [0.1, 0.15) is 24.5 Å². The molecule has 0 bridgehead atoms. The molecule has 0 aliphatic carbocycles. The third-order valence-corrected chi connectivity index (χ3v) is 4.31. The fraction of sp³-hybridized carbons (Fsp3) is 0.316. The van der Waals surface area contributed by atoms with E-state index in [1.54, 1.807) is 25.1 Å². The average molecular weight is 382 g/mol. The van der Waals surface area contributed by atoms with Crippen LogP contribution in [0.3, 0.4) is 0 Å². The molecule has 2 rings (SSSR count). The Morgan fingerprint density at radius 1 is 1.12 bits per heavy atom. The summed E-state index contributed by atoms with van der Waals surface area (Å²) in [6.45, 7) is 2.44. The van der Waals surface area contributed by atoms with Crippen LogP contribution >= 0.6 is 23.2 Å². The van der Waals surface area contributed by atoms with Crippen molar-refractivity contribution in [3.8, 4) is 5.75 Å². The number of nitrogens with two attached hydrogens (primary N) is 1. The average Bonchev–Trinajstić information content (AvgIpc) is 2.56. The van der Waals surface area contributed by atoms with Crippen LogP contribution in [0.15, 0.2) is 42.5 Å². The summed E-state index contributed by atoms with van der Waals surface area (Å²) in [6.07, 6.45) is 0.798. The molecule has 2 aromatic rings. The molecule has 0 spiro atoms. The topological polar surface area (TPSA) is 61.5 Å². The molecule has 134 valence electrons. The van der Waals surface area contributed by atoms with Crippen LogP contribution in [0.5, 0.6) is 5.75 Å². The maximum Gasteiger partial charge on any atom is 0.307 e. The summed E-state index contributed by atoms with van der Waals surface area (Å²) < 4.78 is 10.6. The van der Waals surface area contributed by atoms with E-state index < -0.39 is 0 Å². The monoisotopic (exact) mass is 381 g/mol. The van der Waals surface area contributed by atoms with Gasteiger partial charge in [0.25, 0.3) is 0 Å². The van der Waals surface area contributed by atoms with Gasteiger partial charge in [-0.3, -0.25) is 4.79 Å². The lowest BCUT2D eigenvalue weighted by Gasteiger charge is -2.12. The molecular weight excluding hydrogens is 361 g/mol. The molecule has 6 heteroatoms. The van der Waals surface area contributed by atoms with Gasteiger partial charge >= 0.3 is 5.97 Å². The normalized spacial score (nSPS) is 11.8. The fourth-order valence-electron chi connectivity index (χ4n) is 2.36. The van der Waals surface area contributed by atoms with Crippen molar-refractivity contribution in [2.45, 2.75) is 32.4 Å². The Hall–Kier alpha value is -1.75. The summed E-state index contributed by atoms with van der Waals surface area (Å²) in [6, 6.07) is 12.6. The van der Waals surface area contributed by atoms with Gasteiger partial charge in [-0.15, -0.1) is 0 Å². The molecule has 4 nitrogen and oxygen atoms in total. The van der Waals surface area contributed by atoms with Crippen LogP contribution in [0.25, 0.3) is 0 Å². The van der Waals surface area contributed by atoms with Gasteiger partial charge in [-0.05, 0) is 43.2 Å². The molecule has 0 amide bonds. The minimum Gasteiger partial charge on any atom is -0.489 e. The van der Waals surface area contributed by atoms with Gasteiger partial charge in [0.15, 0.2) is 0 Å². The summed E-state index contributed by atoms with van der Waals surface area (Å²) in [7, 11) is 0. The van der Waals surface area contributed by atoms with Crippen LogP contribution in [0, 0.1) is 0 Å². The van der Waals surface area contributed by atoms with Crippen LogP contribution in [-0.2, 0) is 22.6 Å². The molecule has 1 atom stereocenters. The quantitative estimate of drug-likeness (QED) is 0.688. The molecule has 0 aliphatic heterocycles. The second-order valence-electron chi connectivity index (χ2n) is 5.61. The number of esters is 1. The van der Waals surface area contributed by atoms with E-state index in [1.807, 2.05) is 24.3 Å². The summed E-state index contributed by atoms with van der Waals surface area (Å²) in [5.74, 6) is 0.435. The van der Waals surface area contributed by atoms with E-state index in [2.05, 4.69) is 0 Å². The standard InChI is InChI=1S/C19H21Cl2NO3/c1-2-24-19(23)11-14(22)10-13-6-8-15(9-7-13)25-12-16-17(20)4-3-5-18(16)21/h3-9,14H,2,10-12,22H2,1H3. The van der Waals surface area contributed by atoms with Crippen molar-refractivity contribution in [1.82, 2.24) is 0 Å². The van der Waals surface area contributed by atoms with Crippen molar-refractivity contribution in [3.63, 3.8) is 0 Å². The number of hydrogen-bond donors (Lipinski definition) is 1. The van der Waals surface area contributed by atoms with E-state index in [1.165, 1.54) is 0 Å². The highest BCUT2D eigenvalue weighted by Gasteiger charge is 2.11. The SMILES string of the molecule is CCOC(=O)CC(N)Cc1ccc(OCc2c(Cl)cccc2Cl)cc1. The molecule has 0 radical (unpaired) electrons. The van der Waals surface area contributed by atoms with E-state index in [9.17, 15) is 4.79 Å². The van der Waals surface area contributed by atoms with Crippen molar-refractivity contribution in [2.75, 3.05) is 6.61 Å². The highest BCUT2D eigenvalue weighted by molar-refractivity contribution is 6.35. The molecule has 25 heavy (non-hydrogen) atoms. The third kappa shape index (κ3) is 6.24. The number of rotatable bonds is 8. The minimum atomic E-state index is -0.272. The van der Waals surface area contributed by atoms with Crippen molar-refractivity contribution >= 4 is 29.2 Å². The number of hydrogen-bond acceptors (Lipinski definition) is 4. The summed E-state index contributed by atoms with van der Waals surface area (Å²) in [5.41, 5.74) is 7.77. The van der Waals surface area contributed by atoms with Gasteiger partial charge in [0.1, 0.15) is 12.4 Å². The Bertz CT molecular complexity index is 684. The molecule has 2 aromatic carbocycles. The molecule has 0 heterocycles. The number of halogens is 2. The van der Waals surface area contributed by atoms with Crippen LogP contribution in [0.4, 0.5) is 0 Å². The first-order valence-electron chi connectivity index (χ1n) is 8.05. The van der Waals surface area contributed by atoms with Crippen molar-refractivity contribution in [2.24, 2.45) is 5.73 Å². The summed E-state index contributed by atoms with van der Waals surface area (Å²) in [4.78, 5) is 11.4. The van der Waals surface area contributed by atoms with Crippen molar-refractivity contribution in [1.29, 1.82) is 0 Å². The Labute approximate surface area is 157 Å². The van der Waals surface area contributed by atoms with Gasteiger partial charge in [-0.2, -0.15) is 0 Å². The van der Waals surface area contributed by atoms with Gasteiger partial charge in [0, 0.05) is 21.7 Å². The van der Waals surface area contributed by atoms with Gasteiger partial charge in [0.05, 0.1) is 13.0 Å². The van der Waals surface area contributed by atoms with E-state index in [-0.39, 0.29) is 18.4 Å². The summed E-state index contributed by atoms with van der Waals surface area (Å²) in [5, 5.41) is 1.16. The van der Waals surface area contributed by atoms with E-state index in [4.69, 9.17) is 38.4 Å². The first-order valence-corrected chi connectivity index (χ1v) is 8.81. The predicted molar refractivity (Wildman–Crippen MR) is 100 cm³/mol. The lowest BCUT2D eigenvalue weighted by atomic mass is 10.0. The van der Waals surface area contributed by atoms with Gasteiger partial charge in [-0.25, -0.2) is 0 Å². The second-order valence-corrected chi connectivity index (χ2v) is 6.42. The first-order chi connectivity index (χ1) is 12.0. The molecule has 1 unspecified atom stereocenters. The largest absolute Gasteiger partial charge is 0.489 e. The zero-order valence-corrected chi connectivity index (χ0v) is 15.5. The molecule has 0 aliphatic rings. The maximum atomic E-state index is 11.4. The van der Waals surface area contributed by atoms with Crippen molar-refractivity contribution in [3.05, 3.63) is 63.6 Å². The predicted octanol–water partition coefficient (Wildman–Crippen LogP) is 4.40. The van der Waals surface area contributed by atoms with E-state index in [0.29, 0.717) is 35.4 Å². The smallest absolute Gasteiger partial charge is 0.307 e. The highest BCUT2D eigenvalue weighted by atomic mass is 35.5. The zero-order chi connectivity index (χ0) is 18.2. The van der Waals surface area contributed by atoms with Gasteiger partial charge in [0.2, 0.25) is 0 Å². The first kappa shape index (κ1) is 19.6. The lowest BCUT2D eigenvalue weighted by Crippen LogP contribution is -2.27. The Balaban J connectivity index is 1.88. The van der Waals surface area contributed by atoms with Crippen LogP contribution < -0.4 is 10.5 Å². The zero-order valence-electron chi connectivity index (χ0n) is 14.0. The molecule has 2 N–H and O–H groups in total. The Kier molecular flexibility index (Phi) is 7.56. The number of carbonyl (C=O) groups is 1. The second kappa shape index (κ2) is 9.66. The highest BCUT2D eigenvalue weighted by Crippen LogP contribution is 2.26. The molecule has 0 saturated carbocycles. The lowest BCUT2D eigenvalue weighted by molar-refractivity contribution is -0.143. The fourth-order valence-corrected chi connectivity index (χ4v) is 2.86. The van der Waals surface area contributed by atoms with E-state index >= 15 is 0 Å². The van der Waals surface area contributed by atoms with E-state index in [0.717, 1.165) is 11.1 Å².